The molecule has 2 N–H and O–H groups in total. The molecule has 2 aromatic carbocycles. The molecule has 0 saturated heterocycles. The van der Waals surface area contributed by atoms with E-state index in [9.17, 15) is 8.42 Å². The lowest BCUT2D eigenvalue weighted by molar-refractivity contribution is 0.576. The first-order valence-electron chi connectivity index (χ1n) is 8.86. The third kappa shape index (κ3) is 5.75. The Bertz CT molecular complexity index is 954. The molecule has 1 aromatic heterocycles. The summed E-state index contributed by atoms with van der Waals surface area (Å²) in [4.78, 5) is 0. The number of aromatic nitrogens is 2. The van der Waals surface area contributed by atoms with Crippen molar-refractivity contribution >= 4 is 10.0 Å². The maximum absolute atomic E-state index is 12.1. The molecule has 7 heteroatoms. The smallest absolute Gasteiger partial charge is 0.213 e. The summed E-state index contributed by atoms with van der Waals surface area (Å²) in [6.07, 6.45) is 1.97. The second-order valence-corrected chi connectivity index (χ2v) is 8.25. The van der Waals surface area contributed by atoms with E-state index in [1.807, 2.05) is 78.5 Å². The van der Waals surface area contributed by atoms with Gasteiger partial charge in [-0.1, -0.05) is 48.5 Å². The van der Waals surface area contributed by atoms with Crippen molar-refractivity contribution in [3.8, 4) is 5.69 Å². The molecular weight excluding hydrogens is 360 g/mol. The van der Waals surface area contributed by atoms with E-state index in [4.69, 9.17) is 0 Å². The summed E-state index contributed by atoms with van der Waals surface area (Å²) in [6, 6.07) is 19.4. The van der Waals surface area contributed by atoms with Crippen LogP contribution in [0.5, 0.6) is 0 Å². The summed E-state index contributed by atoms with van der Waals surface area (Å²) in [6.45, 7) is 3.22. The molecule has 6 nitrogen and oxygen atoms in total. The van der Waals surface area contributed by atoms with E-state index < -0.39 is 10.0 Å². The Hall–Kier alpha value is -2.48. The van der Waals surface area contributed by atoms with Gasteiger partial charge in [-0.2, -0.15) is 5.10 Å². The number of para-hydroxylation sites is 1. The first-order chi connectivity index (χ1) is 13.0. The van der Waals surface area contributed by atoms with Crippen LogP contribution < -0.4 is 10.0 Å². The molecule has 0 bridgehead atoms. The lowest BCUT2D eigenvalue weighted by Crippen LogP contribution is -2.31. The average Bonchev–Trinajstić information content (AvgIpc) is 3.06. The number of sulfonamides is 1. The Labute approximate surface area is 160 Å². The molecule has 0 aliphatic rings. The molecule has 0 amide bonds. The highest BCUT2D eigenvalue weighted by Crippen LogP contribution is 2.11. The molecule has 0 radical (unpaired) electrons. The second kappa shape index (κ2) is 8.94. The minimum absolute atomic E-state index is 0.0334. The van der Waals surface area contributed by atoms with Crippen LogP contribution in [0.15, 0.2) is 66.9 Å². The monoisotopic (exact) mass is 384 g/mol. The third-order valence-corrected chi connectivity index (χ3v) is 5.55. The largest absolute Gasteiger partial charge is 0.311 e. The van der Waals surface area contributed by atoms with Crippen molar-refractivity contribution in [2.75, 3.05) is 12.3 Å². The number of hydrogen-bond donors (Lipinski definition) is 2. The minimum atomic E-state index is -3.32. The van der Waals surface area contributed by atoms with E-state index >= 15 is 0 Å². The molecule has 0 fully saturated rings. The summed E-state index contributed by atoms with van der Waals surface area (Å²) in [7, 11) is -3.32. The van der Waals surface area contributed by atoms with Crippen LogP contribution in [0.25, 0.3) is 5.69 Å². The molecule has 3 aromatic rings. The zero-order valence-electron chi connectivity index (χ0n) is 15.3. The highest BCUT2D eigenvalue weighted by atomic mass is 32.2. The standard InChI is InChI=1S/C20H24N4O2S/c1-17-19(16-24(23-17)20-10-6-3-7-11-20)15-21-12-13-27(25,26)22-14-18-8-4-2-5-9-18/h2-11,16,21-22H,12-15H2,1H3. The fourth-order valence-corrected chi connectivity index (χ4v) is 3.62. The summed E-state index contributed by atoms with van der Waals surface area (Å²) in [5.41, 5.74) is 3.92. The fraction of sp³-hybridized carbons (Fsp3) is 0.250. The van der Waals surface area contributed by atoms with Crippen molar-refractivity contribution in [2.45, 2.75) is 20.0 Å². The molecule has 0 unspecified atom stereocenters. The number of nitrogens with zero attached hydrogens (tertiary/aromatic N) is 2. The summed E-state index contributed by atoms with van der Waals surface area (Å²) in [5.74, 6) is 0.0334. The van der Waals surface area contributed by atoms with Crippen molar-refractivity contribution in [1.29, 1.82) is 0 Å². The molecule has 1 heterocycles. The quantitative estimate of drug-likeness (QED) is 0.556. The van der Waals surface area contributed by atoms with Gasteiger partial charge in [0.2, 0.25) is 10.0 Å². The molecule has 0 aliphatic carbocycles. The van der Waals surface area contributed by atoms with Crippen LogP contribution in [-0.4, -0.2) is 30.5 Å². The molecule has 0 saturated carbocycles. The van der Waals surface area contributed by atoms with Crippen LogP contribution in [0.1, 0.15) is 16.8 Å². The summed E-state index contributed by atoms with van der Waals surface area (Å²) in [5, 5.41) is 7.71. The van der Waals surface area contributed by atoms with E-state index in [0.29, 0.717) is 19.6 Å². The van der Waals surface area contributed by atoms with Crippen LogP contribution in [0.2, 0.25) is 0 Å². The van der Waals surface area contributed by atoms with E-state index in [0.717, 1.165) is 22.5 Å². The summed E-state index contributed by atoms with van der Waals surface area (Å²) >= 11 is 0. The molecule has 142 valence electrons. The molecule has 27 heavy (non-hydrogen) atoms. The van der Waals surface area contributed by atoms with Gasteiger partial charge in [0.1, 0.15) is 0 Å². The van der Waals surface area contributed by atoms with Crippen molar-refractivity contribution < 1.29 is 8.42 Å². The third-order valence-electron chi connectivity index (χ3n) is 4.22. The lowest BCUT2D eigenvalue weighted by atomic mass is 10.2. The number of benzene rings is 2. The summed E-state index contributed by atoms with van der Waals surface area (Å²) < 4.78 is 28.7. The molecule has 0 spiro atoms. The van der Waals surface area contributed by atoms with Crippen LogP contribution in [0, 0.1) is 6.92 Å². The highest BCUT2D eigenvalue weighted by Gasteiger charge is 2.10. The molecule has 0 atom stereocenters. The predicted molar refractivity (Wildman–Crippen MR) is 107 cm³/mol. The SMILES string of the molecule is Cc1nn(-c2ccccc2)cc1CNCCS(=O)(=O)NCc1ccccc1. The van der Waals surface area contributed by atoms with Gasteiger partial charge in [0.05, 0.1) is 17.1 Å². The second-order valence-electron chi connectivity index (χ2n) is 6.32. The van der Waals surface area contributed by atoms with Gasteiger partial charge in [0, 0.05) is 31.4 Å². The molecular formula is C20H24N4O2S. The first-order valence-corrected chi connectivity index (χ1v) is 10.5. The maximum Gasteiger partial charge on any atom is 0.213 e. The van der Waals surface area contributed by atoms with Crippen molar-refractivity contribution in [3.63, 3.8) is 0 Å². The first kappa shape index (κ1) is 19.3. The molecule has 3 rings (SSSR count). The van der Waals surface area contributed by atoms with Gasteiger partial charge in [0.15, 0.2) is 0 Å². The Kier molecular flexibility index (Phi) is 6.39. The zero-order valence-corrected chi connectivity index (χ0v) is 16.1. The number of rotatable bonds is 9. The Morgan fingerprint density at radius 1 is 0.963 bits per heavy atom. The van der Waals surface area contributed by atoms with Gasteiger partial charge < -0.3 is 5.32 Å². The normalized spacial score (nSPS) is 11.6. The van der Waals surface area contributed by atoms with E-state index in [1.54, 1.807) is 0 Å². The topological polar surface area (TPSA) is 76.0 Å². The van der Waals surface area contributed by atoms with Gasteiger partial charge in [0.25, 0.3) is 0 Å². The highest BCUT2D eigenvalue weighted by molar-refractivity contribution is 7.89. The van der Waals surface area contributed by atoms with Crippen molar-refractivity contribution in [3.05, 3.63) is 83.7 Å². The van der Waals surface area contributed by atoms with Crippen LogP contribution >= 0.6 is 0 Å². The minimum Gasteiger partial charge on any atom is -0.311 e. The Balaban J connectivity index is 1.46. The molecule has 0 aliphatic heterocycles. The van der Waals surface area contributed by atoms with E-state index in [-0.39, 0.29) is 5.75 Å². The predicted octanol–water partition coefficient (Wildman–Crippen LogP) is 2.39. The van der Waals surface area contributed by atoms with Gasteiger partial charge in [-0.15, -0.1) is 0 Å². The van der Waals surface area contributed by atoms with Crippen molar-refractivity contribution in [2.24, 2.45) is 0 Å². The van der Waals surface area contributed by atoms with E-state index in [1.165, 1.54) is 0 Å². The Morgan fingerprint density at radius 3 is 2.33 bits per heavy atom. The van der Waals surface area contributed by atoms with Crippen molar-refractivity contribution in [1.82, 2.24) is 19.8 Å². The van der Waals surface area contributed by atoms with Crippen LogP contribution in [-0.2, 0) is 23.1 Å². The fourth-order valence-electron chi connectivity index (χ4n) is 2.67. The van der Waals surface area contributed by atoms with Gasteiger partial charge in [-0.3, -0.25) is 0 Å². The maximum atomic E-state index is 12.1. The average molecular weight is 385 g/mol. The van der Waals surface area contributed by atoms with Gasteiger partial charge in [-0.25, -0.2) is 17.8 Å². The Morgan fingerprint density at radius 2 is 1.63 bits per heavy atom. The van der Waals surface area contributed by atoms with Gasteiger partial charge in [-0.05, 0) is 24.6 Å². The van der Waals surface area contributed by atoms with Gasteiger partial charge >= 0.3 is 0 Å². The zero-order chi connectivity index (χ0) is 19.1. The number of hydrogen-bond acceptors (Lipinski definition) is 4. The van der Waals surface area contributed by atoms with Crippen LogP contribution in [0.3, 0.4) is 0 Å². The number of aryl methyl sites for hydroxylation is 1. The number of nitrogens with one attached hydrogen (secondary N) is 2. The van der Waals surface area contributed by atoms with Crippen LogP contribution in [0.4, 0.5) is 0 Å². The lowest BCUT2D eigenvalue weighted by Gasteiger charge is -2.08. The van der Waals surface area contributed by atoms with E-state index in [2.05, 4.69) is 15.1 Å².